The Balaban J connectivity index is 1.78. The number of benzene rings is 1. The highest BCUT2D eigenvalue weighted by atomic mass is 16.3. The van der Waals surface area contributed by atoms with Gasteiger partial charge in [0.1, 0.15) is 5.58 Å². The van der Waals surface area contributed by atoms with Crippen LogP contribution in [0.15, 0.2) is 39.7 Å². The van der Waals surface area contributed by atoms with E-state index in [9.17, 15) is 9.59 Å². The number of likely N-dealkylation sites (tertiary alicyclic amines) is 1. The van der Waals surface area contributed by atoms with Crippen LogP contribution in [0.1, 0.15) is 12.8 Å². The number of nitrogens with zero attached hydrogens (tertiary/aromatic N) is 2. The number of hydrogen-bond acceptors (Lipinski definition) is 4. The smallest absolute Gasteiger partial charge is 0.321 e. The van der Waals surface area contributed by atoms with Crippen molar-refractivity contribution in [2.45, 2.75) is 12.8 Å². The maximum absolute atomic E-state index is 12.3. The lowest BCUT2D eigenvalue weighted by molar-refractivity contribution is 0.189. The average Bonchev–Trinajstić information content (AvgIpc) is 2.55. The van der Waals surface area contributed by atoms with E-state index in [1.807, 2.05) is 0 Å². The first-order valence-corrected chi connectivity index (χ1v) is 7.14. The molecule has 1 aliphatic heterocycles. The van der Waals surface area contributed by atoms with E-state index in [4.69, 9.17) is 9.68 Å². The summed E-state index contributed by atoms with van der Waals surface area (Å²) in [6, 6.07) is 8.25. The maximum Gasteiger partial charge on any atom is 0.321 e. The Labute approximate surface area is 126 Å². The summed E-state index contributed by atoms with van der Waals surface area (Å²) in [6.45, 7) is 1.08. The summed E-state index contributed by atoms with van der Waals surface area (Å²) < 4.78 is 5.24. The van der Waals surface area contributed by atoms with Crippen molar-refractivity contribution in [3.63, 3.8) is 0 Å². The fraction of sp³-hybridized carbons (Fsp3) is 0.312. The lowest BCUT2D eigenvalue weighted by Gasteiger charge is -2.29. The number of nitriles is 1. The summed E-state index contributed by atoms with van der Waals surface area (Å²) >= 11 is 0. The Morgan fingerprint density at radius 2 is 2.27 bits per heavy atom. The first-order valence-electron chi connectivity index (χ1n) is 7.14. The van der Waals surface area contributed by atoms with E-state index in [2.05, 4.69) is 11.4 Å². The topological polar surface area (TPSA) is 86.3 Å². The molecule has 2 aromatic rings. The number of anilines is 1. The standard InChI is InChI=1S/C16H15N3O3/c17-9-11-2-1-6-19(10-11)16(21)18-12-3-4-15-13(8-12)14(20)5-7-22-15/h3-5,7-8,11H,1-2,6,10H2,(H,18,21)/t11-/m1/s1. The number of fused-ring (bicyclic) bond motifs is 1. The van der Waals surface area contributed by atoms with E-state index in [1.165, 1.54) is 12.3 Å². The summed E-state index contributed by atoms with van der Waals surface area (Å²) in [5, 5.41) is 12.2. The Hall–Kier alpha value is -2.81. The third-order valence-corrected chi connectivity index (χ3v) is 3.80. The number of amides is 2. The van der Waals surface area contributed by atoms with Crippen LogP contribution in [-0.2, 0) is 0 Å². The Kier molecular flexibility index (Phi) is 3.79. The van der Waals surface area contributed by atoms with Gasteiger partial charge < -0.3 is 14.6 Å². The molecule has 0 unspecified atom stereocenters. The Morgan fingerprint density at radius 1 is 1.41 bits per heavy atom. The van der Waals surface area contributed by atoms with Gasteiger partial charge in [0, 0.05) is 24.8 Å². The van der Waals surface area contributed by atoms with Crippen molar-refractivity contribution in [2.75, 3.05) is 18.4 Å². The predicted octanol–water partition coefficient (Wildman–Crippen LogP) is 2.56. The fourth-order valence-electron chi connectivity index (χ4n) is 2.63. The van der Waals surface area contributed by atoms with Gasteiger partial charge in [-0.1, -0.05) is 0 Å². The molecule has 2 amide bonds. The molecule has 0 saturated carbocycles. The third kappa shape index (κ3) is 2.79. The van der Waals surface area contributed by atoms with Gasteiger partial charge in [-0.2, -0.15) is 5.26 Å². The molecule has 1 aromatic heterocycles. The molecule has 0 radical (unpaired) electrons. The summed E-state index contributed by atoms with van der Waals surface area (Å²) in [5.41, 5.74) is 0.864. The number of hydrogen-bond donors (Lipinski definition) is 1. The molecule has 1 atom stereocenters. The zero-order chi connectivity index (χ0) is 15.5. The lowest BCUT2D eigenvalue weighted by atomic mass is 10.0. The van der Waals surface area contributed by atoms with E-state index in [1.54, 1.807) is 23.1 Å². The van der Waals surface area contributed by atoms with Crippen molar-refractivity contribution < 1.29 is 9.21 Å². The molecule has 6 nitrogen and oxygen atoms in total. The van der Waals surface area contributed by atoms with Crippen LogP contribution in [-0.4, -0.2) is 24.0 Å². The van der Waals surface area contributed by atoms with E-state index in [0.29, 0.717) is 29.7 Å². The zero-order valence-corrected chi connectivity index (χ0v) is 11.9. The van der Waals surface area contributed by atoms with Crippen LogP contribution >= 0.6 is 0 Å². The van der Waals surface area contributed by atoms with E-state index in [0.717, 1.165) is 12.8 Å². The van der Waals surface area contributed by atoms with Gasteiger partial charge >= 0.3 is 6.03 Å². The minimum absolute atomic E-state index is 0.108. The number of rotatable bonds is 1. The van der Waals surface area contributed by atoms with Crippen molar-refractivity contribution >= 4 is 22.7 Å². The van der Waals surface area contributed by atoms with Crippen LogP contribution in [0.25, 0.3) is 11.0 Å². The predicted molar refractivity (Wildman–Crippen MR) is 81.4 cm³/mol. The molecule has 1 aliphatic rings. The van der Waals surface area contributed by atoms with Crippen LogP contribution in [0, 0.1) is 17.2 Å². The monoisotopic (exact) mass is 297 g/mol. The highest BCUT2D eigenvalue weighted by molar-refractivity contribution is 5.92. The lowest BCUT2D eigenvalue weighted by Crippen LogP contribution is -2.42. The fourth-order valence-corrected chi connectivity index (χ4v) is 2.63. The minimum Gasteiger partial charge on any atom is -0.464 e. The highest BCUT2D eigenvalue weighted by Crippen LogP contribution is 2.19. The first kappa shape index (κ1) is 14.1. The second kappa shape index (κ2) is 5.90. The highest BCUT2D eigenvalue weighted by Gasteiger charge is 2.23. The van der Waals surface area contributed by atoms with Crippen molar-refractivity contribution in [1.82, 2.24) is 4.90 Å². The summed E-state index contributed by atoms with van der Waals surface area (Å²) in [6.07, 6.45) is 3.00. The van der Waals surface area contributed by atoms with Crippen LogP contribution in [0.2, 0.25) is 0 Å². The van der Waals surface area contributed by atoms with Gasteiger partial charge in [-0.15, -0.1) is 0 Å². The van der Waals surface area contributed by atoms with E-state index in [-0.39, 0.29) is 17.4 Å². The van der Waals surface area contributed by atoms with Gasteiger partial charge in [-0.25, -0.2) is 4.79 Å². The van der Waals surface area contributed by atoms with E-state index >= 15 is 0 Å². The van der Waals surface area contributed by atoms with Crippen LogP contribution < -0.4 is 10.7 Å². The maximum atomic E-state index is 12.3. The van der Waals surface area contributed by atoms with Gasteiger partial charge in [-0.3, -0.25) is 4.79 Å². The van der Waals surface area contributed by atoms with Crippen molar-refractivity contribution in [2.24, 2.45) is 5.92 Å². The van der Waals surface area contributed by atoms with Crippen molar-refractivity contribution in [1.29, 1.82) is 5.26 Å². The molecule has 1 N–H and O–H groups in total. The van der Waals surface area contributed by atoms with Gasteiger partial charge in [-0.05, 0) is 31.0 Å². The van der Waals surface area contributed by atoms with Gasteiger partial charge in [0.05, 0.1) is 23.6 Å². The molecule has 0 spiro atoms. The molecule has 1 saturated heterocycles. The molecule has 22 heavy (non-hydrogen) atoms. The molecule has 3 rings (SSSR count). The minimum atomic E-state index is -0.250. The van der Waals surface area contributed by atoms with Gasteiger partial charge in [0.2, 0.25) is 0 Å². The quantitative estimate of drug-likeness (QED) is 0.876. The van der Waals surface area contributed by atoms with Crippen LogP contribution in [0.3, 0.4) is 0 Å². The summed E-state index contributed by atoms with van der Waals surface area (Å²) in [4.78, 5) is 25.7. The molecule has 1 aromatic carbocycles. The summed E-state index contributed by atoms with van der Waals surface area (Å²) in [5.74, 6) is -0.108. The third-order valence-electron chi connectivity index (χ3n) is 3.80. The Bertz CT molecular complexity index is 806. The van der Waals surface area contributed by atoms with Crippen molar-refractivity contribution in [3.05, 3.63) is 40.8 Å². The summed E-state index contributed by atoms with van der Waals surface area (Å²) in [7, 11) is 0. The van der Waals surface area contributed by atoms with Crippen molar-refractivity contribution in [3.8, 4) is 6.07 Å². The SMILES string of the molecule is N#C[C@H]1CCCN(C(=O)Nc2ccc3occc(=O)c3c2)C1. The van der Waals surface area contributed by atoms with Gasteiger partial charge in [0.15, 0.2) is 5.43 Å². The number of urea groups is 1. The second-order valence-electron chi connectivity index (χ2n) is 5.34. The normalized spacial score (nSPS) is 18.0. The molecule has 0 bridgehead atoms. The number of carbonyl (C=O) groups excluding carboxylic acids is 1. The molecule has 2 heterocycles. The molecule has 1 fully saturated rings. The molecule has 0 aliphatic carbocycles. The average molecular weight is 297 g/mol. The largest absolute Gasteiger partial charge is 0.464 e. The molecular weight excluding hydrogens is 282 g/mol. The number of carbonyl (C=O) groups is 1. The van der Waals surface area contributed by atoms with Crippen LogP contribution in [0.5, 0.6) is 0 Å². The Morgan fingerprint density at radius 3 is 3.09 bits per heavy atom. The molecule has 6 heteroatoms. The first-order chi connectivity index (χ1) is 10.7. The molecule has 112 valence electrons. The van der Waals surface area contributed by atoms with E-state index < -0.39 is 0 Å². The molecular formula is C16H15N3O3. The number of piperidine rings is 1. The second-order valence-corrected chi connectivity index (χ2v) is 5.34. The van der Waals surface area contributed by atoms with Gasteiger partial charge in [0.25, 0.3) is 0 Å². The van der Waals surface area contributed by atoms with Crippen LogP contribution in [0.4, 0.5) is 10.5 Å². The zero-order valence-electron chi connectivity index (χ0n) is 11.9. The number of nitrogens with one attached hydrogen (secondary N) is 1.